The smallest absolute Gasteiger partial charge is 0.0454 e. The molecule has 3 saturated heterocycles. The second-order valence-corrected chi connectivity index (χ2v) is 7.98. The van der Waals surface area contributed by atoms with Crippen LogP contribution in [-0.4, -0.2) is 45.4 Å². The first kappa shape index (κ1) is 16.0. The van der Waals surface area contributed by atoms with Gasteiger partial charge in [0.25, 0.3) is 0 Å². The van der Waals surface area contributed by atoms with Gasteiger partial charge in [0.15, 0.2) is 0 Å². The van der Waals surface area contributed by atoms with E-state index in [4.69, 9.17) is 0 Å². The lowest BCUT2D eigenvalue weighted by molar-refractivity contribution is 0.123. The highest BCUT2D eigenvalue weighted by Crippen LogP contribution is 2.30. The zero-order valence-electron chi connectivity index (χ0n) is 15.1. The van der Waals surface area contributed by atoms with Crippen molar-refractivity contribution in [3.63, 3.8) is 0 Å². The van der Waals surface area contributed by atoms with Crippen molar-refractivity contribution in [2.24, 2.45) is 5.92 Å². The van der Waals surface area contributed by atoms with Gasteiger partial charge in [-0.15, -0.1) is 0 Å². The lowest BCUT2D eigenvalue weighted by Gasteiger charge is -2.36. The molecule has 6 rings (SSSR count). The van der Waals surface area contributed by atoms with Crippen molar-refractivity contribution in [2.45, 2.75) is 32.0 Å². The minimum Gasteiger partial charge on any atom is -0.361 e. The first-order valence-electron chi connectivity index (χ1n) is 9.75. The number of nitrogens with one attached hydrogen (secondary N) is 1. The van der Waals surface area contributed by atoms with Crippen molar-refractivity contribution in [1.29, 1.82) is 0 Å². The van der Waals surface area contributed by atoms with Gasteiger partial charge < -0.3 is 4.98 Å². The largest absolute Gasteiger partial charge is 0.361 e. The Kier molecular flexibility index (Phi) is 4.23. The molecule has 5 heterocycles. The lowest BCUT2D eigenvalue weighted by Crippen LogP contribution is -2.43. The highest BCUT2D eigenvalue weighted by Gasteiger charge is 2.34. The molecule has 0 amide bonds. The molecule has 2 atom stereocenters. The van der Waals surface area contributed by atoms with Crippen molar-refractivity contribution in [3.05, 3.63) is 66.1 Å². The number of piperidine rings is 1. The Balaban J connectivity index is 1.30. The van der Waals surface area contributed by atoms with Gasteiger partial charge in [-0.2, -0.15) is 0 Å². The molecule has 3 aliphatic rings. The maximum absolute atomic E-state index is 4.15. The maximum atomic E-state index is 4.15. The summed E-state index contributed by atoms with van der Waals surface area (Å²) in [6.45, 7) is 5.78. The molecule has 0 aliphatic carbocycles. The fourth-order valence-corrected chi connectivity index (χ4v) is 4.78. The molecular formula is C22H26N4. The monoisotopic (exact) mass is 346 g/mol. The van der Waals surface area contributed by atoms with Crippen molar-refractivity contribution in [2.75, 3.05) is 19.6 Å². The van der Waals surface area contributed by atoms with Crippen LogP contribution in [0.3, 0.4) is 0 Å². The Hall–Kier alpha value is -2.17. The summed E-state index contributed by atoms with van der Waals surface area (Å²) in [5, 5.41) is 1.32. The van der Waals surface area contributed by atoms with Crippen LogP contribution in [0.25, 0.3) is 10.9 Å². The third kappa shape index (κ3) is 3.27. The van der Waals surface area contributed by atoms with Crippen LogP contribution >= 0.6 is 0 Å². The Bertz CT molecular complexity index is 872. The standard InChI is InChI=1S/C22H26N4/c1-3-21-16-25(12-17-5-8-23-9-6-17)13-19(1)15-26(21)14-18-2-4-22-20(11-18)7-10-24-22/h2,4-11,19,21,24H,1,3,12-16H2/t19-,21+/m1/s1. The quantitative estimate of drug-likeness (QED) is 0.783. The molecule has 0 radical (unpaired) electrons. The number of aromatic amines is 1. The fraction of sp³-hybridized carbons (Fsp3) is 0.409. The van der Waals surface area contributed by atoms with Gasteiger partial charge in [-0.05, 0) is 65.6 Å². The van der Waals surface area contributed by atoms with Gasteiger partial charge in [-0.1, -0.05) is 6.07 Å². The van der Waals surface area contributed by atoms with Gasteiger partial charge >= 0.3 is 0 Å². The van der Waals surface area contributed by atoms with Gasteiger partial charge in [-0.3, -0.25) is 14.8 Å². The number of pyridine rings is 1. The van der Waals surface area contributed by atoms with Crippen LogP contribution in [0.4, 0.5) is 0 Å². The van der Waals surface area contributed by atoms with Crippen LogP contribution in [-0.2, 0) is 13.1 Å². The van der Waals surface area contributed by atoms with E-state index in [2.05, 4.69) is 56.2 Å². The lowest BCUT2D eigenvalue weighted by atomic mass is 9.94. The summed E-state index contributed by atoms with van der Waals surface area (Å²) in [6, 6.07) is 14.0. The predicted molar refractivity (Wildman–Crippen MR) is 105 cm³/mol. The molecule has 1 aromatic carbocycles. The van der Waals surface area contributed by atoms with E-state index in [-0.39, 0.29) is 0 Å². The van der Waals surface area contributed by atoms with Gasteiger partial charge in [0.2, 0.25) is 0 Å². The molecule has 0 saturated carbocycles. The number of hydrogen-bond acceptors (Lipinski definition) is 3. The van der Waals surface area contributed by atoms with Crippen LogP contribution < -0.4 is 0 Å². The molecule has 4 heteroatoms. The first-order valence-corrected chi connectivity index (χ1v) is 9.75. The van der Waals surface area contributed by atoms with Crippen LogP contribution in [0, 0.1) is 5.92 Å². The minimum atomic E-state index is 0.678. The topological polar surface area (TPSA) is 35.2 Å². The number of hydrogen-bond donors (Lipinski definition) is 1. The molecule has 3 fully saturated rings. The summed E-state index contributed by atoms with van der Waals surface area (Å²) in [4.78, 5) is 12.8. The van der Waals surface area contributed by atoms with E-state index in [1.807, 2.05) is 18.6 Å². The van der Waals surface area contributed by atoms with Gasteiger partial charge in [0, 0.05) is 62.9 Å². The summed E-state index contributed by atoms with van der Waals surface area (Å²) in [6.07, 6.45) is 8.56. The summed E-state index contributed by atoms with van der Waals surface area (Å²) in [7, 11) is 0. The zero-order chi connectivity index (χ0) is 17.3. The first-order chi connectivity index (χ1) is 12.8. The zero-order valence-corrected chi connectivity index (χ0v) is 15.1. The van der Waals surface area contributed by atoms with Crippen LogP contribution in [0.2, 0.25) is 0 Å². The number of fused-ring (bicyclic) bond motifs is 5. The predicted octanol–water partition coefficient (Wildman–Crippen LogP) is 3.66. The van der Waals surface area contributed by atoms with Gasteiger partial charge in [0.05, 0.1) is 0 Å². The molecule has 0 spiro atoms. The summed E-state index contributed by atoms with van der Waals surface area (Å²) in [5.41, 5.74) is 4.05. The molecule has 26 heavy (non-hydrogen) atoms. The van der Waals surface area contributed by atoms with Gasteiger partial charge in [-0.25, -0.2) is 0 Å². The number of benzene rings is 1. The number of aromatic nitrogens is 2. The Morgan fingerprint density at radius 1 is 0.923 bits per heavy atom. The summed E-state index contributed by atoms with van der Waals surface area (Å²) in [5.74, 6) is 0.798. The van der Waals surface area contributed by atoms with Crippen molar-refractivity contribution in [1.82, 2.24) is 19.8 Å². The molecule has 3 aromatic rings. The van der Waals surface area contributed by atoms with E-state index >= 15 is 0 Å². The SMILES string of the molecule is c1cc(CN2C[C@H]3CC[C@@H](C2)N(Cc2ccc4[nH]ccc4c2)C3)ccn1. The molecular weight excluding hydrogens is 320 g/mol. The number of H-pyrrole nitrogens is 1. The second-order valence-electron chi connectivity index (χ2n) is 7.98. The molecule has 1 N–H and O–H groups in total. The second kappa shape index (κ2) is 6.86. The van der Waals surface area contributed by atoms with Crippen molar-refractivity contribution >= 4 is 10.9 Å². The summed E-state index contributed by atoms with van der Waals surface area (Å²) < 4.78 is 0. The Morgan fingerprint density at radius 2 is 1.85 bits per heavy atom. The fourth-order valence-electron chi connectivity index (χ4n) is 4.78. The molecule has 0 unspecified atom stereocenters. The van der Waals surface area contributed by atoms with E-state index in [1.54, 1.807) is 0 Å². The van der Waals surface area contributed by atoms with Crippen molar-refractivity contribution < 1.29 is 0 Å². The molecule has 2 aromatic heterocycles. The molecule has 134 valence electrons. The van der Waals surface area contributed by atoms with Gasteiger partial charge in [0.1, 0.15) is 0 Å². The Morgan fingerprint density at radius 3 is 2.77 bits per heavy atom. The van der Waals surface area contributed by atoms with Crippen LogP contribution in [0.15, 0.2) is 55.0 Å². The summed E-state index contributed by atoms with van der Waals surface area (Å²) >= 11 is 0. The average molecular weight is 346 g/mol. The van der Waals surface area contributed by atoms with E-state index in [1.165, 1.54) is 54.5 Å². The van der Waals surface area contributed by atoms with E-state index in [0.29, 0.717) is 6.04 Å². The third-order valence-corrected chi connectivity index (χ3v) is 6.06. The van der Waals surface area contributed by atoms with Crippen molar-refractivity contribution in [3.8, 4) is 0 Å². The number of rotatable bonds is 4. The number of nitrogens with zero attached hydrogens (tertiary/aromatic N) is 3. The van der Waals surface area contributed by atoms with E-state index in [0.717, 1.165) is 19.0 Å². The van der Waals surface area contributed by atoms with Crippen LogP contribution in [0.5, 0.6) is 0 Å². The van der Waals surface area contributed by atoms with Crippen LogP contribution in [0.1, 0.15) is 24.0 Å². The molecule has 2 bridgehead atoms. The highest BCUT2D eigenvalue weighted by atomic mass is 15.3. The normalized spacial score (nSPS) is 24.2. The minimum absolute atomic E-state index is 0.678. The van der Waals surface area contributed by atoms with E-state index < -0.39 is 0 Å². The maximum Gasteiger partial charge on any atom is 0.0454 e. The van der Waals surface area contributed by atoms with E-state index in [9.17, 15) is 0 Å². The highest BCUT2D eigenvalue weighted by molar-refractivity contribution is 5.79. The molecule has 3 aliphatic heterocycles. The molecule has 4 nitrogen and oxygen atoms in total. The third-order valence-electron chi connectivity index (χ3n) is 6.06. The Labute approximate surface area is 154 Å². The average Bonchev–Trinajstić information content (AvgIpc) is 2.96.